The van der Waals surface area contributed by atoms with Gasteiger partial charge in [-0.05, 0) is 61.4 Å². The van der Waals surface area contributed by atoms with Gasteiger partial charge in [-0.1, -0.05) is 41.9 Å². The SMILES string of the molecule is O=C1CC(c2nc3ccccc3n2CCCCOc2ccccc2)CN1c1ccc(Cl)cc1. The summed E-state index contributed by atoms with van der Waals surface area (Å²) in [5, 5.41) is 0.667. The summed E-state index contributed by atoms with van der Waals surface area (Å²) in [6.45, 7) is 2.15. The van der Waals surface area contributed by atoms with E-state index in [4.69, 9.17) is 21.3 Å². The maximum absolute atomic E-state index is 12.8. The van der Waals surface area contributed by atoms with Crippen LogP contribution >= 0.6 is 11.6 Å². The normalized spacial score (nSPS) is 16.0. The van der Waals surface area contributed by atoms with E-state index >= 15 is 0 Å². The Hall–Kier alpha value is -3.31. The molecular formula is C27H26ClN3O2. The fourth-order valence-electron chi connectivity index (χ4n) is 4.47. The fraction of sp³-hybridized carbons (Fsp3) is 0.259. The maximum atomic E-state index is 12.8. The summed E-state index contributed by atoms with van der Waals surface area (Å²) in [6, 6.07) is 25.6. The summed E-state index contributed by atoms with van der Waals surface area (Å²) < 4.78 is 8.14. The van der Waals surface area contributed by atoms with Crippen LogP contribution in [0, 0.1) is 0 Å². The van der Waals surface area contributed by atoms with Crippen LogP contribution in [0.4, 0.5) is 5.69 Å². The zero-order chi connectivity index (χ0) is 22.6. The molecule has 1 atom stereocenters. The number of halogens is 1. The number of unbranched alkanes of at least 4 members (excludes halogenated alkanes) is 1. The van der Waals surface area contributed by atoms with Gasteiger partial charge in [0.15, 0.2) is 0 Å². The van der Waals surface area contributed by atoms with Crippen molar-refractivity contribution < 1.29 is 9.53 Å². The molecule has 6 heteroatoms. The van der Waals surface area contributed by atoms with Gasteiger partial charge in [-0.2, -0.15) is 0 Å². The molecular weight excluding hydrogens is 434 g/mol. The number of para-hydroxylation sites is 3. The molecule has 3 aromatic carbocycles. The first-order chi connectivity index (χ1) is 16.2. The first-order valence-electron chi connectivity index (χ1n) is 11.4. The fourth-order valence-corrected chi connectivity index (χ4v) is 4.60. The van der Waals surface area contributed by atoms with Gasteiger partial charge in [-0.25, -0.2) is 4.98 Å². The van der Waals surface area contributed by atoms with Gasteiger partial charge >= 0.3 is 0 Å². The van der Waals surface area contributed by atoms with Crippen LogP contribution in [0.5, 0.6) is 5.75 Å². The molecule has 2 heterocycles. The summed E-state index contributed by atoms with van der Waals surface area (Å²) >= 11 is 6.03. The van der Waals surface area contributed by atoms with E-state index < -0.39 is 0 Å². The summed E-state index contributed by atoms with van der Waals surface area (Å²) in [5.74, 6) is 2.07. The number of ether oxygens (including phenoxy) is 1. The van der Waals surface area contributed by atoms with Gasteiger partial charge in [0, 0.05) is 36.1 Å². The van der Waals surface area contributed by atoms with Crippen molar-refractivity contribution in [3.05, 3.63) is 89.7 Å². The van der Waals surface area contributed by atoms with Crippen LogP contribution in [0.25, 0.3) is 11.0 Å². The lowest BCUT2D eigenvalue weighted by Crippen LogP contribution is -2.24. The summed E-state index contributed by atoms with van der Waals surface area (Å²) in [5.41, 5.74) is 2.98. The standard InChI is InChI=1S/C27H26ClN3O2/c28-21-12-14-22(15-13-21)31-19-20(18-26(31)32)27-29-24-10-4-5-11-25(24)30(27)16-6-7-17-33-23-8-2-1-3-9-23/h1-5,8-15,20H,6-7,16-19H2. The highest BCUT2D eigenvalue weighted by molar-refractivity contribution is 6.30. The van der Waals surface area contributed by atoms with Gasteiger partial charge in [0.05, 0.1) is 17.6 Å². The molecule has 1 aliphatic heterocycles. The van der Waals surface area contributed by atoms with Crippen molar-refractivity contribution in [3.8, 4) is 5.75 Å². The number of amides is 1. The predicted octanol–water partition coefficient (Wildman–Crippen LogP) is 6.07. The molecule has 0 bridgehead atoms. The molecule has 4 aromatic rings. The quantitative estimate of drug-likeness (QED) is 0.300. The van der Waals surface area contributed by atoms with E-state index in [1.807, 2.05) is 77.7 Å². The molecule has 33 heavy (non-hydrogen) atoms. The van der Waals surface area contributed by atoms with Crippen LogP contribution in [0.3, 0.4) is 0 Å². The number of anilines is 1. The second-order valence-electron chi connectivity index (χ2n) is 8.36. The Morgan fingerprint density at radius 1 is 0.939 bits per heavy atom. The van der Waals surface area contributed by atoms with Crippen LogP contribution in [0.15, 0.2) is 78.9 Å². The topological polar surface area (TPSA) is 47.4 Å². The molecule has 5 rings (SSSR count). The molecule has 1 saturated heterocycles. The largest absolute Gasteiger partial charge is 0.494 e. The van der Waals surface area contributed by atoms with Gasteiger partial charge in [0.2, 0.25) is 5.91 Å². The highest BCUT2D eigenvalue weighted by atomic mass is 35.5. The minimum absolute atomic E-state index is 0.0566. The highest BCUT2D eigenvalue weighted by Gasteiger charge is 2.34. The summed E-state index contributed by atoms with van der Waals surface area (Å²) in [4.78, 5) is 19.6. The van der Waals surface area contributed by atoms with Gasteiger partial charge in [-0.3, -0.25) is 4.79 Å². The van der Waals surface area contributed by atoms with Crippen molar-refractivity contribution in [2.45, 2.75) is 31.7 Å². The first kappa shape index (κ1) is 21.5. The van der Waals surface area contributed by atoms with Crippen molar-refractivity contribution in [2.24, 2.45) is 0 Å². The number of aryl methyl sites for hydroxylation is 1. The molecule has 1 amide bonds. The Balaban J connectivity index is 1.30. The molecule has 1 aliphatic rings. The number of hydrogen-bond donors (Lipinski definition) is 0. The number of hydrogen-bond acceptors (Lipinski definition) is 3. The Kier molecular flexibility index (Phi) is 6.31. The zero-order valence-corrected chi connectivity index (χ0v) is 19.1. The highest BCUT2D eigenvalue weighted by Crippen LogP contribution is 2.33. The minimum atomic E-state index is 0.0566. The third-order valence-electron chi connectivity index (χ3n) is 6.10. The molecule has 0 aliphatic carbocycles. The van der Waals surface area contributed by atoms with Crippen LogP contribution in [0.1, 0.15) is 31.0 Å². The second kappa shape index (κ2) is 9.67. The van der Waals surface area contributed by atoms with E-state index in [0.717, 1.165) is 47.7 Å². The van der Waals surface area contributed by atoms with E-state index in [-0.39, 0.29) is 11.8 Å². The van der Waals surface area contributed by atoms with E-state index in [1.54, 1.807) is 0 Å². The van der Waals surface area contributed by atoms with Crippen molar-refractivity contribution in [3.63, 3.8) is 0 Å². The molecule has 5 nitrogen and oxygen atoms in total. The number of carbonyl (C=O) groups is 1. The average molecular weight is 460 g/mol. The zero-order valence-electron chi connectivity index (χ0n) is 18.4. The lowest BCUT2D eigenvalue weighted by molar-refractivity contribution is -0.117. The van der Waals surface area contributed by atoms with Crippen molar-refractivity contribution in [1.29, 1.82) is 0 Å². The van der Waals surface area contributed by atoms with Crippen molar-refractivity contribution in [2.75, 3.05) is 18.1 Å². The monoisotopic (exact) mass is 459 g/mol. The third-order valence-corrected chi connectivity index (χ3v) is 6.35. The molecule has 1 aromatic heterocycles. The molecule has 0 N–H and O–H groups in total. The maximum Gasteiger partial charge on any atom is 0.227 e. The Labute approximate surface area is 198 Å². The van der Waals surface area contributed by atoms with Crippen molar-refractivity contribution in [1.82, 2.24) is 9.55 Å². The summed E-state index contributed by atoms with van der Waals surface area (Å²) in [7, 11) is 0. The predicted molar refractivity (Wildman–Crippen MR) is 132 cm³/mol. The number of nitrogens with zero attached hydrogens (tertiary/aromatic N) is 3. The van der Waals surface area contributed by atoms with Gasteiger partial charge in [-0.15, -0.1) is 0 Å². The average Bonchev–Trinajstić information content (AvgIpc) is 3.41. The minimum Gasteiger partial charge on any atom is -0.494 e. The van der Waals surface area contributed by atoms with E-state index in [2.05, 4.69) is 10.6 Å². The molecule has 0 radical (unpaired) electrons. The van der Waals surface area contributed by atoms with Crippen LogP contribution in [0.2, 0.25) is 5.02 Å². The molecule has 0 spiro atoms. The van der Waals surface area contributed by atoms with Gasteiger partial charge < -0.3 is 14.2 Å². The number of fused-ring (bicyclic) bond motifs is 1. The Morgan fingerprint density at radius 3 is 2.52 bits per heavy atom. The Bertz CT molecular complexity index is 1240. The lowest BCUT2D eigenvalue weighted by Gasteiger charge is -2.17. The van der Waals surface area contributed by atoms with Crippen molar-refractivity contribution >= 4 is 34.2 Å². The number of carbonyl (C=O) groups excluding carboxylic acids is 1. The number of rotatable bonds is 8. The second-order valence-corrected chi connectivity index (χ2v) is 8.80. The number of aromatic nitrogens is 2. The van der Waals surface area contributed by atoms with Crippen LogP contribution < -0.4 is 9.64 Å². The number of benzene rings is 3. The number of imidazole rings is 1. The molecule has 168 valence electrons. The first-order valence-corrected chi connectivity index (χ1v) is 11.8. The van der Waals surface area contributed by atoms with Crippen LogP contribution in [-0.2, 0) is 11.3 Å². The molecule has 1 unspecified atom stereocenters. The lowest BCUT2D eigenvalue weighted by atomic mass is 10.1. The van der Waals surface area contributed by atoms with Crippen LogP contribution in [-0.4, -0.2) is 28.6 Å². The smallest absolute Gasteiger partial charge is 0.227 e. The van der Waals surface area contributed by atoms with E-state index in [0.29, 0.717) is 24.6 Å². The third kappa shape index (κ3) is 4.74. The Morgan fingerprint density at radius 2 is 1.70 bits per heavy atom. The summed E-state index contributed by atoms with van der Waals surface area (Å²) in [6.07, 6.45) is 2.38. The van der Waals surface area contributed by atoms with E-state index in [9.17, 15) is 4.79 Å². The molecule has 1 fully saturated rings. The van der Waals surface area contributed by atoms with Gasteiger partial charge in [0.25, 0.3) is 0 Å². The molecule has 0 saturated carbocycles. The van der Waals surface area contributed by atoms with Gasteiger partial charge in [0.1, 0.15) is 11.6 Å². The van der Waals surface area contributed by atoms with E-state index in [1.165, 1.54) is 0 Å².